The van der Waals surface area contributed by atoms with Gasteiger partial charge in [-0.15, -0.1) is 5.10 Å². The number of thioether (sulfide) groups is 1. The molecular weight excluding hydrogens is 324 g/mol. The van der Waals surface area contributed by atoms with Crippen LogP contribution in [-0.2, 0) is 9.53 Å². The molecule has 2 N–H and O–H groups in total. The van der Waals surface area contributed by atoms with Crippen LogP contribution < -0.4 is 5.32 Å². The summed E-state index contributed by atoms with van der Waals surface area (Å²) in [5.74, 6) is 0.834. The molecule has 1 aliphatic heterocycles. The van der Waals surface area contributed by atoms with E-state index in [0.717, 1.165) is 25.3 Å². The van der Waals surface area contributed by atoms with Crippen LogP contribution in [0.25, 0.3) is 0 Å². The maximum Gasteiger partial charge on any atom is 0.234 e. The lowest BCUT2D eigenvalue weighted by atomic mass is 10.2. The number of hydrogen-bond donors (Lipinski definition) is 2. The van der Waals surface area contributed by atoms with Gasteiger partial charge in [-0.2, -0.15) is 0 Å². The molecule has 1 saturated heterocycles. The maximum atomic E-state index is 11.9. The van der Waals surface area contributed by atoms with Gasteiger partial charge in [-0.3, -0.25) is 9.89 Å². The minimum atomic E-state index is -0.129. The predicted molar refractivity (Wildman–Crippen MR) is 85.1 cm³/mol. The lowest BCUT2D eigenvalue weighted by Crippen LogP contribution is -2.14. The fraction of sp³-hybridized carbons (Fsp3) is 0.357. The van der Waals surface area contributed by atoms with Crippen molar-refractivity contribution in [3.05, 3.63) is 35.1 Å². The Bertz CT molecular complexity index is 658. The van der Waals surface area contributed by atoms with Crippen molar-refractivity contribution < 1.29 is 9.53 Å². The van der Waals surface area contributed by atoms with E-state index in [4.69, 9.17) is 16.3 Å². The normalized spacial score (nSPS) is 17.6. The fourth-order valence-electron chi connectivity index (χ4n) is 2.15. The van der Waals surface area contributed by atoms with Crippen LogP contribution in [0.15, 0.2) is 29.4 Å². The maximum absolute atomic E-state index is 11.9. The van der Waals surface area contributed by atoms with E-state index in [9.17, 15) is 4.79 Å². The molecule has 0 spiro atoms. The van der Waals surface area contributed by atoms with Gasteiger partial charge in [0.2, 0.25) is 11.1 Å². The Morgan fingerprint density at radius 3 is 3.23 bits per heavy atom. The number of carbonyl (C=O) groups excluding carboxylic acids is 1. The van der Waals surface area contributed by atoms with Gasteiger partial charge in [0.25, 0.3) is 0 Å². The van der Waals surface area contributed by atoms with Gasteiger partial charge >= 0.3 is 0 Å². The molecule has 0 radical (unpaired) electrons. The quantitative estimate of drug-likeness (QED) is 0.819. The molecule has 0 unspecified atom stereocenters. The van der Waals surface area contributed by atoms with Crippen LogP contribution in [0.4, 0.5) is 5.69 Å². The minimum Gasteiger partial charge on any atom is -0.370 e. The molecule has 1 aromatic carbocycles. The van der Waals surface area contributed by atoms with Gasteiger partial charge in [0.1, 0.15) is 6.10 Å². The Labute approximate surface area is 137 Å². The molecule has 1 aliphatic rings. The summed E-state index contributed by atoms with van der Waals surface area (Å²) >= 11 is 7.15. The highest BCUT2D eigenvalue weighted by molar-refractivity contribution is 7.99. The van der Waals surface area contributed by atoms with Crippen LogP contribution in [0, 0.1) is 0 Å². The van der Waals surface area contributed by atoms with E-state index in [2.05, 4.69) is 20.5 Å². The Morgan fingerprint density at radius 2 is 2.45 bits per heavy atom. The molecule has 1 aromatic heterocycles. The van der Waals surface area contributed by atoms with Gasteiger partial charge < -0.3 is 10.1 Å². The van der Waals surface area contributed by atoms with Crippen LogP contribution in [0.2, 0.25) is 5.02 Å². The first-order chi connectivity index (χ1) is 10.7. The molecule has 116 valence electrons. The van der Waals surface area contributed by atoms with Gasteiger partial charge in [0, 0.05) is 17.3 Å². The molecule has 0 bridgehead atoms. The van der Waals surface area contributed by atoms with Crippen LogP contribution >= 0.6 is 23.4 Å². The van der Waals surface area contributed by atoms with E-state index < -0.39 is 0 Å². The molecule has 2 aromatic rings. The minimum absolute atomic E-state index is 0.00198. The Kier molecular flexibility index (Phi) is 4.97. The molecule has 1 amide bonds. The van der Waals surface area contributed by atoms with Gasteiger partial charge in [-0.1, -0.05) is 29.4 Å². The summed E-state index contributed by atoms with van der Waals surface area (Å²) in [6.07, 6.45) is 1.99. The van der Waals surface area contributed by atoms with Crippen molar-refractivity contribution in [3.63, 3.8) is 0 Å². The average molecular weight is 339 g/mol. The summed E-state index contributed by atoms with van der Waals surface area (Å²) in [6, 6.07) is 7.03. The number of ether oxygens (including phenoxy) is 1. The van der Waals surface area contributed by atoms with Crippen molar-refractivity contribution in [1.29, 1.82) is 0 Å². The molecule has 8 heteroatoms. The highest BCUT2D eigenvalue weighted by Gasteiger charge is 2.21. The standard InChI is InChI=1S/C14H15ClN4O2S/c15-9-3-1-4-10(7-9)16-12(20)8-22-14-17-13(18-19-14)11-5-2-6-21-11/h1,3-4,7,11H,2,5-6,8H2,(H,16,20)(H,17,18,19)/t11-/m0/s1. The lowest BCUT2D eigenvalue weighted by Gasteiger charge is -2.04. The van der Waals surface area contributed by atoms with Crippen LogP contribution in [0.1, 0.15) is 24.8 Å². The summed E-state index contributed by atoms with van der Waals surface area (Å²) in [5, 5.41) is 10.9. The summed E-state index contributed by atoms with van der Waals surface area (Å²) in [5.41, 5.74) is 0.674. The number of carbonyl (C=O) groups is 1. The number of benzene rings is 1. The Hall–Kier alpha value is -1.57. The van der Waals surface area contributed by atoms with Gasteiger partial charge in [-0.05, 0) is 31.0 Å². The van der Waals surface area contributed by atoms with Crippen LogP contribution in [-0.4, -0.2) is 33.4 Å². The van der Waals surface area contributed by atoms with E-state index in [0.29, 0.717) is 15.9 Å². The van der Waals surface area contributed by atoms with Gasteiger partial charge in [0.05, 0.1) is 5.75 Å². The zero-order chi connectivity index (χ0) is 15.4. The second-order valence-corrected chi connectivity index (χ2v) is 6.23. The van der Waals surface area contributed by atoms with Crippen LogP contribution in [0.5, 0.6) is 0 Å². The number of halogens is 1. The Morgan fingerprint density at radius 1 is 1.55 bits per heavy atom. The van der Waals surface area contributed by atoms with Crippen molar-refractivity contribution in [3.8, 4) is 0 Å². The van der Waals surface area contributed by atoms with Crippen molar-refractivity contribution in [2.75, 3.05) is 17.7 Å². The molecule has 3 rings (SSSR count). The smallest absolute Gasteiger partial charge is 0.234 e. The summed E-state index contributed by atoms with van der Waals surface area (Å²) in [4.78, 5) is 16.3. The summed E-state index contributed by atoms with van der Waals surface area (Å²) < 4.78 is 5.53. The highest BCUT2D eigenvalue weighted by Crippen LogP contribution is 2.27. The number of nitrogens with one attached hydrogen (secondary N) is 2. The van der Waals surface area contributed by atoms with E-state index in [-0.39, 0.29) is 17.8 Å². The second-order valence-electron chi connectivity index (χ2n) is 4.85. The Balaban J connectivity index is 1.50. The second kappa shape index (κ2) is 7.13. The van der Waals surface area contributed by atoms with E-state index in [1.54, 1.807) is 24.3 Å². The topological polar surface area (TPSA) is 79.9 Å². The monoisotopic (exact) mass is 338 g/mol. The lowest BCUT2D eigenvalue weighted by molar-refractivity contribution is -0.113. The third-order valence-corrected chi connectivity index (χ3v) is 4.24. The number of rotatable bonds is 5. The summed E-state index contributed by atoms with van der Waals surface area (Å²) in [7, 11) is 0. The average Bonchev–Trinajstić information content (AvgIpc) is 3.16. The molecule has 2 heterocycles. The number of hydrogen-bond acceptors (Lipinski definition) is 5. The van der Waals surface area contributed by atoms with Crippen molar-refractivity contribution in [1.82, 2.24) is 15.2 Å². The highest BCUT2D eigenvalue weighted by atomic mass is 35.5. The van der Waals surface area contributed by atoms with Gasteiger partial charge in [-0.25, -0.2) is 4.98 Å². The number of aromatic amines is 1. The first kappa shape index (κ1) is 15.3. The van der Waals surface area contributed by atoms with Gasteiger partial charge in [0.15, 0.2) is 5.82 Å². The van der Waals surface area contributed by atoms with E-state index >= 15 is 0 Å². The van der Waals surface area contributed by atoms with Crippen molar-refractivity contribution >= 4 is 35.0 Å². The summed E-state index contributed by atoms with van der Waals surface area (Å²) in [6.45, 7) is 0.760. The SMILES string of the molecule is O=C(CSc1n[nH]c([C@@H]2CCCO2)n1)Nc1cccc(Cl)c1. The molecule has 0 saturated carbocycles. The molecular formula is C14H15ClN4O2S. The number of nitrogens with zero attached hydrogens (tertiary/aromatic N) is 2. The first-order valence-corrected chi connectivity index (χ1v) is 8.29. The van der Waals surface area contributed by atoms with Crippen LogP contribution in [0.3, 0.4) is 0 Å². The van der Waals surface area contributed by atoms with Crippen molar-refractivity contribution in [2.45, 2.75) is 24.1 Å². The molecule has 22 heavy (non-hydrogen) atoms. The molecule has 1 atom stereocenters. The third-order valence-electron chi connectivity index (χ3n) is 3.16. The first-order valence-electron chi connectivity index (χ1n) is 6.93. The number of H-pyrrole nitrogens is 1. The predicted octanol–water partition coefficient (Wildman–Crippen LogP) is 3.04. The zero-order valence-corrected chi connectivity index (χ0v) is 13.3. The number of anilines is 1. The third kappa shape index (κ3) is 4.00. The van der Waals surface area contributed by atoms with Crippen molar-refractivity contribution in [2.24, 2.45) is 0 Å². The number of amides is 1. The largest absolute Gasteiger partial charge is 0.370 e. The van der Waals surface area contributed by atoms with E-state index in [1.807, 2.05) is 0 Å². The molecule has 1 fully saturated rings. The number of aromatic nitrogens is 3. The zero-order valence-electron chi connectivity index (χ0n) is 11.7. The molecule has 6 nitrogen and oxygen atoms in total. The fourth-order valence-corrected chi connectivity index (χ4v) is 2.95. The molecule has 0 aliphatic carbocycles. The van der Waals surface area contributed by atoms with E-state index in [1.165, 1.54) is 11.8 Å².